The Morgan fingerprint density at radius 3 is 2.48 bits per heavy atom. The Morgan fingerprint density at radius 2 is 1.90 bits per heavy atom. The van der Waals surface area contributed by atoms with Crippen molar-refractivity contribution >= 4 is 17.4 Å². The molecule has 0 spiro atoms. The monoisotopic (exact) mass is 298 g/mol. The Bertz CT molecular complexity index is 647. The van der Waals surface area contributed by atoms with Crippen LogP contribution in [0.5, 0.6) is 5.75 Å². The summed E-state index contributed by atoms with van der Waals surface area (Å²) in [6, 6.07) is 16.2. The molecule has 2 rings (SSSR count). The van der Waals surface area contributed by atoms with Crippen LogP contribution in [0.2, 0.25) is 0 Å². The van der Waals surface area contributed by atoms with Crippen LogP contribution in [0.25, 0.3) is 0 Å². The molecule has 4 heteroatoms. The van der Waals surface area contributed by atoms with E-state index >= 15 is 0 Å². The molecule has 0 aliphatic carbocycles. The van der Waals surface area contributed by atoms with E-state index in [9.17, 15) is 0 Å². The third-order valence-electron chi connectivity index (χ3n) is 3.32. The largest absolute Gasteiger partial charge is 0.495 e. The van der Waals surface area contributed by atoms with E-state index in [0.29, 0.717) is 11.3 Å². The van der Waals surface area contributed by atoms with E-state index in [1.54, 1.807) is 31.0 Å². The first kappa shape index (κ1) is 15.3. The summed E-state index contributed by atoms with van der Waals surface area (Å²) < 4.78 is 5.34. The summed E-state index contributed by atoms with van der Waals surface area (Å²) >= 11 is 1.73. The summed E-state index contributed by atoms with van der Waals surface area (Å²) in [5, 5.41) is 12.4. The maximum Gasteiger partial charge on any atom is 0.143 e. The van der Waals surface area contributed by atoms with Crippen LogP contribution in [-0.4, -0.2) is 13.4 Å². The first-order valence-electron chi connectivity index (χ1n) is 6.66. The molecule has 0 aromatic heterocycles. The molecular weight excluding hydrogens is 280 g/mol. The minimum Gasteiger partial charge on any atom is -0.495 e. The quantitative estimate of drug-likeness (QED) is 0.828. The summed E-state index contributed by atoms with van der Waals surface area (Å²) in [6.45, 7) is 2.10. The highest BCUT2D eigenvalue weighted by molar-refractivity contribution is 7.98. The molecule has 1 unspecified atom stereocenters. The van der Waals surface area contributed by atoms with Crippen LogP contribution in [0.4, 0.5) is 5.69 Å². The van der Waals surface area contributed by atoms with Crippen LogP contribution in [0, 0.1) is 11.3 Å². The number of benzene rings is 2. The summed E-state index contributed by atoms with van der Waals surface area (Å²) in [5.41, 5.74) is 2.69. The van der Waals surface area contributed by atoms with Gasteiger partial charge in [0.2, 0.25) is 0 Å². The second-order valence-corrected chi connectivity index (χ2v) is 5.55. The maximum absolute atomic E-state index is 8.93. The van der Waals surface area contributed by atoms with Crippen molar-refractivity contribution in [2.75, 3.05) is 18.7 Å². The molecule has 0 saturated heterocycles. The van der Waals surface area contributed by atoms with Crippen molar-refractivity contribution in [3.8, 4) is 11.8 Å². The lowest BCUT2D eigenvalue weighted by Crippen LogP contribution is -2.07. The van der Waals surface area contributed by atoms with Crippen molar-refractivity contribution in [3.05, 3.63) is 53.6 Å². The van der Waals surface area contributed by atoms with Crippen molar-refractivity contribution in [1.82, 2.24) is 0 Å². The van der Waals surface area contributed by atoms with Gasteiger partial charge in [0.05, 0.1) is 24.4 Å². The van der Waals surface area contributed by atoms with Crippen molar-refractivity contribution in [3.63, 3.8) is 0 Å². The van der Waals surface area contributed by atoms with E-state index in [-0.39, 0.29) is 6.04 Å². The Morgan fingerprint density at radius 1 is 1.19 bits per heavy atom. The fourth-order valence-corrected chi connectivity index (χ4v) is 2.50. The molecule has 0 aliphatic rings. The van der Waals surface area contributed by atoms with Gasteiger partial charge < -0.3 is 10.1 Å². The normalized spacial score (nSPS) is 11.5. The van der Waals surface area contributed by atoms with Gasteiger partial charge in [-0.1, -0.05) is 12.1 Å². The van der Waals surface area contributed by atoms with Crippen LogP contribution in [0.1, 0.15) is 24.1 Å². The minimum absolute atomic E-state index is 0.155. The number of nitriles is 1. The lowest BCUT2D eigenvalue weighted by Gasteiger charge is -2.18. The van der Waals surface area contributed by atoms with Gasteiger partial charge in [0.1, 0.15) is 5.75 Å². The lowest BCUT2D eigenvalue weighted by molar-refractivity contribution is 0.416. The second kappa shape index (κ2) is 7.05. The van der Waals surface area contributed by atoms with Gasteiger partial charge in [-0.05, 0) is 43.0 Å². The first-order chi connectivity index (χ1) is 10.2. The Hall–Kier alpha value is -2.12. The molecule has 0 fully saturated rings. The zero-order valence-electron chi connectivity index (χ0n) is 12.4. The van der Waals surface area contributed by atoms with Crippen LogP contribution in [0.15, 0.2) is 47.4 Å². The number of ether oxygens (including phenoxy) is 1. The topological polar surface area (TPSA) is 45.0 Å². The van der Waals surface area contributed by atoms with E-state index in [4.69, 9.17) is 10.00 Å². The van der Waals surface area contributed by atoms with Gasteiger partial charge in [0.15, 0.2) is 0 Å². The molecule has 0 aliphatic heterocycles. The number of hydrogen-bond donors (Lipinski definition) is 1. The molecule has 108 valence electrons. The SMILES string of the molecule is COc1cc(C#N)ccc1NC(C)c1ccc(SC)cc1. The standard InChI is InChI=1S/C17H18N2OS/c1-12(14-5-7-15(21-3)8-6-14)19-16-9-4-13(11-18)10-17(16)20-2/h4-10,12,19H,1-3H3. The molecule has 2 aromatic rings. The second-order valence-electron chi connectivity index (χ2n) is 4.67. The molecule has 0 radical (unpaired) electrons. The van der Waals surface area contributed by atoms with E-state index in [2.05, 4.69) is 48.8 Å². The van der Waals surface area contributed by atoms with Gasteiger partial charge in [-0.25, -0.2) is 0 Å². The first-order valence-corrected chi connectivity index (χ1v) is 7.89. The molecule has 1 N–H and O–H groups in total. The van der Waals surface area contributed by atoms with Crippen LogP contribution >= 0.6 is 11.8 Å². The van der Waals surface area contributed by atoms with Crippen molar-refractivity contribution in [2.45, 2.75) is 17.9 Å². The number of nitrogens with zero attached hydrogens (tertiary/aromatic N) is 1. The average molecular weight is 298 g/mol. The molecule has 1 atom stereocenters. The number of methoxy groups -OCH3 is 1. The summed E-state index contributed by atoms with van der Waals surface area (Å²) in [6.07, 6.45) is 2.07. The molecular formula is C17H18N2OS. The number of thioether (sulfide) groups is 1. The highest BCUT2D eigenvalue weighted by Crippen LogP contribution is 2.29. The zero-order valence-corrected chi connectivity index (χ0v) is 13.2. The smallest absolute Gasteiger partial charge is 0.143 e. The number of hydrogen-bond acceptors (Lipinski definition) is 4. The minimum atomic E-state index is 0.155. The average Bonchev–Trinajstić information content (AvgIpc) is 2.55. The fourth-order valence-electron chi connectivity index (χ4n) is 2.09. The summed E-state index contributed by atoms with van der Waals surface area (Å²) in [7, 11) is 1.61. The number of nitrogens with one attached hydrogen (secondary N) is 1. The predicted molar refractivity (Wildman–Crippen MR) is 88.0 cm³/mol. The van der Waals surface area contributed by atoms with Crippen LogP contribution < -0.4 is 10.1 Å². The van der Waals surface area contributed by atoms with Gasteiger partial charge in [0, 0.05) is 17.0 Å². The highest BCUT2D eigenvalue weighted by Gasteiger charge is 2.09. The van der Waals surface area contributed by atoms with E-state index in [0.717, 1.165) is 5.69 Å². The number of rotatable bonds is 5. The molecule has 3 nitrogen and oxygen atoms in total. The predicted octanol–water partition coefficient (Wildman–Crippen LogP) is 4.46. The van der Waals surface area contributed by atoms with Gasteiger partial charge >= 0.3 is 0 Å². The molecule has 0 saturated carbocycles. The van der Waals surface area contributed by atoms with Crippen LogP contribution in [0.3, 0.4) is 0 Å². The lowest BCUT2D eigenvalue weighted by atomic mass is 10.1. The molecule has 0 heterocycles. The number of anilines is 1. The Balaban J connectivity index is 2.18. The van der Waals surface area contributed by atoms with Gasteiger partial charge in [-0.3, -0.25) is 0 Å². The molecule has 21 heavy (non-hydrogen) atoms. The third kappa shape index (κ3) is 3.71. The highest BCUT2D eigenvalue weighted by atomic mass is 32.2. The zero-order chi connectivity index (χ0) is 15.2. The van der Waals surface area contributed by atoms with Gasteiger partial charge in [0.25, 0.3) is 0 Å². The van der Waals surface area contributed by atoms with E-state index in [1.807, 2.05) is 6.07 Å². The van der Waals surface area contributed by atoms with E-state index < -0.39 is 0 Å². The van der Waals surface area contributed by atoms with Crippen molar-refractivity contribution in [2.24, 2.45) is 0 Å². The fraction of sp³-hybridized carbons (Fsp3) is 0.235. The van der Waals surface area contributed by atoms with E-state index in [1.165, 1.54) is 10.5 Å². The Kier molecular flexibility index (Phi) is 5.13. The van der Waals surface area contributed by atoms with Gasteiger partial charge in [-0.2, -0.15) is 5.26 Å². The van der Waals surface area contributed by atoms with Crippen molar-refractivity contribution < 1.29 is 4.74 Å². The molecule has 2 aromatic carbocycles. The molecule has 0 bridgehead atoms. The Labute approximate surface area is 129 Å². The van der Waals surface area contributed by atoms with Crippen molar-refractivity contribution in [1.29, 1.82) is 5.26 Å². The maximum atomic E-state index is 8.93. The third-order valence-corrected chi connectivity index (χ3v) is 4.06. The molecule has 0 amide bonds. The summed E-state index contributed by atoms with van der Waals surface area (Å²) in [5.74, 6) is 0.682. The summed E-state index contributed by atoms with van der Waals surface area (Å²) in [4.78, 5) is 1.25. The van der Waals surface area contributed by atoms with Gasteiger partial charge in [-0.15, -0.1) is 11.8 Å². The van der Waals surface area contributed by atoms with Crippen LogP contribution in [-0.2, 0) is 0 Å².